The summed E-state index contributed by atoms with van der Waals surface area (Å²) in [7, 11) is 0. The van der Waals surface area contributed by atoms with Crippen LogP contribution in [0.4, 0.5) is 0 Å². The van der Waals surface area contributed by atoms with Gasteiger partial charge in [0.05, 0.1) is 0 Å². The lowest BCUT2D eigenvalue weighted by molar-refractivity contribution is -0.133. The Morgan fingerprint density at radius 3 is 2.62 bits per heavy atom. The summed E-state index contributed by atoms with van der Waals surface area (Å²) in [6.45, 7) is 3.47. The highest BCUT2D eigenvalue weighted by Gasteiger charge is 2.23. The Bertz CT molecular complexity index is 495. The Morgan fingerprint density at radius 1 is 1.24 bits per heavy atom. The number of rotatable bonds is 5. The predicted molar refractivity (Wildman–Crippen MR) is 81.1 cm³/mol. The summed E-state index contributed by atoms with van der Waals surface area (Å²) in [5, 5.41) is 9.19. The van der Waals surface area contributed by atoms with Crippen LogP contribution in [0.1, 0.15) is 41.6 Å². The maximum absolute atomic E-state index is 12.1. The second kappa shape index (κ2) is 7.36. The van der Waals surface area contributed by atoms with Crippen LogP contribution in [-0.2, 0) is 4.79 Å². The first-order chi connectivity index (χ1) is 10.1. The SMILES string of the molecule is Cc1ccc(C(=O)CCC(=O)N2CCCC(CO)C2)cc1. The van der Waals surface area contributed by atoms with Gasteiger partial charge < -0.3 is 10.0 Å². The third kappa shape index (κ3) is 4.39. The molecule has 1 amide bonds. The highest BCUT2D eigenvalue weighted by atomic mass is 16.3. The van der Waals surface area contributed by atoms with Crippen molar-refractivity contribution in [3.05, 3.63) is 35.4 Å². The van der Waals surface area contributed by atoms with Crippen molar-refractivity contribution >= 4 is 11.7 Å². The molecular formula is C17H23NO3. The first kappa shape index (κ1) is 15.7. The minimum Gasteiger partial charge on any atom is -0.396 e. The van der Waals surface area contributed by atoms with E-state index in [0.29, 0.717) is 12.1 Å². The Hall–Kier alpha value is -1.68. The first-order valence-corrected chi connectivity index (χ1v) is 7.58. The van der Waals surface area contributed by atoms with E-state index in [1.807, 2.05) is 31.2 Å². The minimum absolute atomic E-state index is 0.0130. The van der Waals surface area contributed by atoms with E-state index < -0.39 is 0 Å². The molecule has 0 spiro atoms. The highest BCUT2D eigenvalue weighted by Crippen LogP contribution is 2.17. The highest BCUT2D eigenvalue weighted by molar-refractivity contribution is 5.97. The lowest BCUT2D eigenvalue weighted by atomic mass is 9.98. The van der Waals surface area contributed by atoms with Gasteiger partial charge in [0.15, 0.2) is 5.78 Å². The third-order valence-electron chi connectivity index (χ3n) is 4.07. The molecule has 1 N–H and O–H groups in total. The number of benzene rings is 1. The molecule has 1 aliphatic rings. The lowest BCUT2D eigenvalue weighted by Gasteiger charge is -2.31. The summed E-state index contributed by atoms with van der Waals surface area (Å²) in [5.74, 6) is 0.225. The van der Waals surface area contributed by atoms with Crippen molar-refractivity contribution in [1.82, 2.24) is 4.90 Å². The fourth-order valence-electron chi connectivity index (χ4n) is 2.70. The monoisotopic (exact) mass is 289 g/mol. The van der Waals surface area contributed by atoms with E-state index in [9.17, 15) is 14.7 Å². The molecule has 1 atom stereocenters. The van der Waals surface area contributed by atoms with Gasteiger partial charge in [0, 0.05) is 38.1 Å². The van der Waals surface area contributed by atoms with Crippen LogP contribution in [-0.4, -0.2) is 41.4 Å². The van der Waals surface area contributed by atoms with E-state index in [4.69, 9.17) is 0 Å². The van der Waals surface area contributed by atoms with E-state index in [1.54, 1.807) is 4.90 Å². The summed E-state index contributed by atoms with van der Waals surface area (Å²) < 4.78 is 0. The number of Topliss-reactive ketones (excluding diaryl/α,β-unsaturated/α-hetero) is 1. The predicted octanol–water partition coefficient (Wildman–Crippen LogP) is 2.19. The molecule has 1 aromatic rings. The van der Waals surface area contributed by atoms with Gasteiger partial charge in [-0.05, 0) is 25.7 Å². The molecule has 2 rings (SSSR count). The molecule has 4 heteroatoms. The van der Waals surface area contributed by atoms with Gasteiger partial charge in [0.1, 0.15) is 0 Å². The van der Waals surface area contributed by atoms with Crippen molar-refractivity contribution in [2.75, 3.05) is 19.7 Å². The molecule has 0 bridgehead atoms. The number of hydrogen-bond donors (Lipinski definition) is 1. The van der Waals surface area contributed by atoms with E-state index >= 15 is 0 Å². The fraction of sp³-hybridized carbons (Fsp3) is 0.529. The number of ketones is 1. The van der Waals surface area contributed by atoms with Crippen LogP contribution in [0.3, 0.4) is 0 Å². The maximum atomic E-state index is 12.1. The summed E-state index contributed by atoms with van der Waals surface area (Å²) in [4.78, 5) is 26.0. The van der Waals surface area contributed by atoms with Crippen LogP contribution in [0, 0.1) is 12.8 Å². The zero-order valence-corrected chi connectivity index (χ0v) is 12.5. The molecule has 1 aliphatic heterocycles. The quantitative estimate of drug-likeness (QED) is 0.845. The maximum Gasteiger partial charge on any atom is 0.223 e. The zero-order chi connectivity index (χ0) is 15.2. The normalized spacial score (nSPS) is 18.6. The van der Waals surface area contributed by atoms with E-state index in [1.165, 1.54) is 0 Å². The number of carbonyl (C=O) groups is 2. The van der Waals surface area contributed by atoms with Crippen LogP contribution in [0.15, 0.2) is 24.3 Å². The number of aryl methyl sites for hydroxylation is 1. The molecule has 1 aromatic carbocycles. The number of hydrogen-bond acceptors (Lipinski definition) is 3. The largest absolute Gasteiger partial charge is 0.396 e. The van der Waals surface area contributed by atoms with Gasteiger partial charge in [-0.2, -0.15) is 0 Å². The molecule has 21 heavy (non-hydrogen) atoms. The van der Waals surface area contributed by atoms with Crippen molar-refractivity contribution < 1.29 is 14.7 Å². The number of aliphatic hydroxyl groups is 1. The van der Waals surface area contributed by atoms with Gasteiger partial charge in [-0.15, -0.1) is 0 Å². The smallest absolute Gasteiger partial charge is 0.223 e. The first-order valence-electron chi connectivity index (χ1n) is 7.58. The second-order valence-corrected chi connectivity index (χ2v) is 5.82. The lowest BCUT2D eigenvalue weighted by Crippen LogP contribution is -2.41. The number of aliphatic hydroxyl groups excluding tert-OH is 1. The van der Waals surface area contributed by atoms with E-state index in [0.717, 1.165) is 24.9 Å². The number of likely N-dealkylation sites (tertiary alicyclic amines) is 1. The van der Waals surface area contributed by atoms with Crippen molar-refractivity contribution in [3.63, 3.8) is 0 Å². The Balaban J connectivity index is 1.83. The van der Waals surface area contributed by atoms with Crippen LogP contribution in [0.25, 0.3) is 0 Å². The van der Waals surface area contributed by atoms with Gasteiger partial charge in [-0.3, -0.25) is 9.59 Å². The number of nitrogens with zero attached hydrogens (tertiary/aromatic N) is 1. The topological polar surface area (TPSA) is 57.6 Å². The van der Waals surface area contributed by atoms with Crippen molar-refractivity contribution in [2.24, 2.45) is 5.92 Å². The second-order valence-electron chi connectivity index (χ2n) is 5.82. The molecule has 0 radical (unpaired) electrons. The molecule has 4 nitrogen and oxygen atoms in total. The van der Waals surface area contributed by atoms with Crippen LogP contribution >= 0.6 is 0 Å². The molecule has 114 valence electrons. The van der Waals surface area contributed by atoms with Gasteiger partial charge in [0.2, 0.25) is 5.91 Å². The molecular weight excluding hydrogens is 266 g/mol. The summed E-state index contributed by atoms with van der Waals surface area (Å²) in [6.07, 6.45) is 2.42. The standard InChI is InChI=1S/C17H23NO3/c1-13-4-6-15(7-5-13)16(20)8-9-17(21)18-10-2-3-14(11-18)12-19/h4-7,14,19H,2-3,8-12H2,1H3. The summed E-state index contributed by atoms with van der Waals surface area (Å²) in [6, 6.07) is 7.44. The Morgan fingerprint density at radius 2 is 1.95 bits per heavy atom. The Kier molecular flexibility index (Phi) is 5.51. The summed E-state index contributed by atoms with van der Waals surface area (Å²) >= 11 is 0. The molecule has 1 heterocycles. The van der Waals surface area contributed by atoms with Crippen LogP contribution in [0.5, 0.6) is 0 Å². The minimum atomic E-state index is 0.0130. The Labute approximate surface area is 125 Å². The molecule has 1 unspecified atom stereocenters. The van der Waals surface area contributed by atoms with Crippen molar-refractivity contribution in [1.29, 1.82) is 0 Å². The number of piperidine rings is 1. The molecule has 0 saturated carbocycles. The number of amides is 1. The summed E-state index contributed by atoms with van der Waals surface area (Å²) in [5.41, 5.74) is 1.78. The number of carbonyl (C=O) groups excluding carboxylic acids is 2. The van der Waals surface area contributed by atoms with Crippen molar-refractivity contribution in [3.8, 4) is 0 Å². The van der Waals surface area contributed by atoms with Gasteiger partial charge in [-0.1, -0.05) is 29.8 Å². The average Bonchev–Trinajstić information content (AvgIpc) is 2.53. The van der Waals surface area contributed by atoms with Gasteiger partial charge >= 0.3 is 0 Å². The molecule has 0 aliphatic carbocycles. The van der Waals surface area contributed by atoms with Crippen LogP contribution < -0.4 is 0 Å². The zero-order valence-electron chi connectivity index (χ0n) is 12.5. The van der Waals surface area contributed by atoms with Crippen molar-refractivity contribution in [2.45, 2.75) is 32.6 Å². The average molecular weight is 289 g/mol. The molecule has 1 saturated heterocycles. The van der Waals surface area contributed by atoms with Crippen LogP contribution in [0.2, 0.25) is 0 Å². The fourth-order valence-corrected chi connectivity index (χ4v) is 2.70. The van der Waals surface area contributed by atoms with Gasteiger partial charge in [-0.25, -0.2) is 0 Å². The van der Waals surface area contributed by atoms with E-state index in [2.05, 4.69) is 0 Å². The molecule has 1 fully saturated rings. The molecule has 0 aromatic heterocycles. The third-order valence-corrected chi connectivity index (χ3v) is 4.07. The van der Waals surface area contributed by atoms with E-state index in [-0.39, 0.29) is 37.1 Å². The van der Waals surface area contributed by atoms with Gasteiger partial charge in [0.25, 0.3) is 0 Å².